The van der Waals surface area contributed by atoms with Crippen molar-refractivity contribution in [3.63, 3.8) is 0 Å². The van der Waals surface area contributed by atoms with Crippen LogP contribution in [-0.2, 0) is 0 Å². The van der Waals surface area contributed by atoms with Crippen molar-refractivity contribution in [3.05, 3.63) is 0 Å². The van der Waals surface area contributed by atoms with E-state index < -0.39 is 0 Å². The first-order valence-electron chi connectivity index (χ1n) is 6.48. The summed E-state index contributed by atoms with van der Waals surface area (Å²) in [4.78, 5) is 0. The molecule has 0 aromatic heterocycles. The maximum atomic E-state index is 3.29. The van der Waals surface area contributed by atoms with E-state index in [0.717, 1.165) is 23.7 Å². The second kappa shape index (κ2) is 4.65. The van der Waals surface area contributed by atoms with Gasteiger partial charge in [0.1, 0.15) is 0 Å². The summed E-state index contributed by atoms with van der Waals surface area (Å²) in [5.74, 6) is 4.32. The molecule has 0 heterocycles. The predicted octanol–water partition coefficient (Wildman–Crippen LogP) is 3.06. The van der Waals surface area contributed by atoms with Crippen LogP contribution in [0.4, 0.5) is 0 Å². The zero-order valence-corrected chi connectivity index (χ0v) is 9.76. The monoisotopic (exact) mass is 195 g/mol. The predicted molar refractivity (Wildman–Crippen MR) is 61.3 cm³/mol. The van der Waals surface area contributed by atoms with Gasteiger partial charge in [0.05, 0.1) is 0 Å². The van der Waals surface area contributed by atoms with Crippen LogP contribution in [0.1, 0.15) is 45.4 Å². The molecule has 2 aliphatic carbocycles. The summed E-state index contributed by atoms with van der Waals surface area (Å²) in [6, 6.07) is 0. The lowest BCUT2D eigenvalue weighted by molar-refractivity contribution is 0.231. The van der Waals surface area contributed by atoms with E-state index in [1.807, 2.05) is 0 Å². The Morgan fingerprint density at radius 1 is 1.14 bits per heavy atom. The Hall–Kier alpha value is -0.0400. The van der Waals surface area contributed by atoms with E-state index in [1.54, 1.807) is 12.8 Å². The van der Waals surface area contributed by atoms with Crippen molar-refractivity contribution in [2.75, 3.05) is 13.6 Å². The molecule has 1 heteroatoms. The lowest BCUT2D eigenvalue weighted by Gasteiger charge is -2.28. The number of hydrogen-bond acceptors (Lipinski definition) is 1. The molecule has 0 amide bonds. The van der Waals surface area contributed by atoms with Gasteiger partial charge >= 0.3 is 0 Å². The second-order valence-corrected chi connectivity index (χ2v) is 5.50. The van der Waals surface area contributed by atoms with Crippen molar-refractivity contribution in [2.45, 2.75) is 45.4 Å². The molecule has 82 valence electrons. The van der Waals surface area contributed by atoms with Crippen LogP contribution in [-0.4, -0.2) is 13.6 Å². The number of rotatable bonds is 4. The van der Waals surface area contributed by atoms with Crippen LogP contribution in [0.25, 0.3) is 0 Å². The molecular weight excluding hydrogens is 170 g/mol. The van der Waals surface area contributed by atoms with Gasteiger partial charge in [-0.1, -0.05) is 13.3 Å². The fourth-order valence-electron chi connectivity index (χ4n) is 3.90. The topological polar surface area (TPSA) is 12.0 Å². The van der Waals surface area contributed by atoms with Gasteiger partial charge in [0.2, 0.25) is 0 Å². The van der Waals surface area contributed by atoms with Gasteiger partial charge in [-0.25, -0.2) is 0 Å². The van der Waals surface area contributed by atoms with E-state index in [-0.39, 0.29) is 0 Å². The lowest BCUT2D eigenvalue weighted by atomic mass is 9.78. The first-order chi connectivity index (χ1) is 6.83. The highest BCUT2D eigenvalue weighted by atomic mass is 14.8. The van der Waals surface area contributed by atoms with Crippen LogP contribution in [0.15, 0.2) is 0 Å². The molecule has 2 saturated carbocycles. The van der Waals surface area contributed by atoms with Crippen molar-refractivity contribution >= 4 is 0 Å². The summed E-state index contributed by atoms with van der Waals surface area (Å²) >= 11 is 0. The third-order valence-electron chi connectivity index (χ3n) is 4.57. The van der Waals surface area contributed by atoms with Crippen LogP contribution in [0.2, 0.25) is 0 Å². The molecule has 0 spiro atoms. The molecule has 2 rings (SSSR count). The minimum atomic E-state index is 1.04. The Kier molecular flexibility index (Phi) is 3.48. The molecule has 0 saturated heterocycles. The summed E-state index contributed by atoms with van der Waals surface area (Å²) in [6.07, 6.45) is 9.04. The normalized spacial score (nSPS) is 41.6. The molecule has 14 heavy (non-hydrogen) atoms. The fourth-order valence-corrected chi connectivity index (χ4v) is 3.90. The highest BCUT2D eigenvalue weighted by Gasteiger charge is 2.39. The van der Waals surface area contributed by atoms with Gasteiger partial charge in [0.15, 0.2) is 0 Å². The average molecular weight is 195 g/mol. The van der Waals surface area contributed by atoms with Crippen molar-refractivity contribution in [2.24, 2.45) is 23.7 Å². The zero-order chi connectivity index (χ0) is 9.97. The Morgan fingerprint density at radius 2 is 2.00 bits per heavy atom. The molecule has 4 unspecified atom stereocenters. The molecule has 1 nitrogen and oxygen atoms in total. The molecule has 2 aliphatic rings. The lowest BCUT2D eigenvalue weighted by Crippen LogP contribution is -2.21. The Bertz CT molecular complexity index is 178. The van der Waals surface area contributed by atoms with E-state index in [2.05, 4.69) is 19.3 Å². The quantitative estimate of drug-likeness (QED) is 0.727. The van der Waals surface area contributed by atoms with Crippen LogP contribution in [0.3, 0.4) is 0 Å². The smallest absolute Gasteiger partial charge is 0.00493 e. The molecule has 0 aromatic carbocycles. The zero-order valence-electron chi connectivity index (χ0n) is 9.76. The SMILES string of the molecule is CCC1CC2CC(CCNC)CC1C2. The van der Waals surface area contributed by atoms with Crippen molar-refractivity contribution < 1.29 is 0 Å². The van der Waals surface area contributed by atoms with Gasteiger partial charge < -0.3 is 5.32 Å². The average Bonchev–Trinajstić information content (AvgIpc) is 2.50. The molecule has 0 aromatic rings. The third kappa shape index (κ3) is 2.13. The summed E-state index contributed by atoms with van der Waals surface area (Å²) in [6.45, 7) is 3.61. The molecule has 0 aliphatic heterocycles. The van der Waals surface area contributed by atoms with Crippen LogP contribution >= 0.6 is 0 Å². The number of hydrogen-bond donors (Lipinski definition) is 1. The first-order valence-corrected chi connectivity index (χ1v) is 6.48. The summed E-state index contributed by atoms with van der Waals surface area (Å²) in [5, 5.41) is 3.29. The van der Waals surface area contributed by atoms with Gasteiger partial charge in [-0.3, -0.25) is 0 Å². The minimum absolute atomic E-state index is 1.04. The maximum Gasteiger partial charge on any atom is -0.00493 e. The fraction of sp³-hybridized carbons (Fsp3) is 1.00. The van der Waals surface area contributed by atoms with Gasteiger partial charge in [-0.2, -0.15) is 0 Å². The number of fused-ring (bicyclic) bond motifs is 2. The summed E-state index contributed by atoms with van der Waals surface area (Å²) < 4.78 is 0. The molecular formula is C13H25N. The molecule has 4 atom stereocenters. The maximum absolute atomic E-state index is 3.29. The molecule has 2 bridgehead atoms. The number of nitrogens with one attached hydrogen (secondary N) is 1. The van der Waals surface area contributed by atoms with Crippen LogP contribution in [0.5, 0.6) is 0 Å². The van der Waals surface area contributed by atoms with Gasteiger partial charge in [-0.15, -0.1) is 0 Å². The largest absolute Gasteiger partial charge is 0.320 e. The highest BCUT2D eigenvalue weighted by Crippen LogP contribution is 2.49. The Labute approximate surface area is 88.7 Å². The molecule has 0 radical (unpaired) electrons. The van der Waals surface area contributed by atoms with Gasteiger partial charge in [-0.05, 0) is 69.4 Å². The van der Waals surface area contributed by atoms with Gasteiger partial charge in [0, 0.05) is 0 Å². The van der Waals surface area contributed by atoms with E-state index in [1.165, 1.54) is 32.2 Å². The molecule has 2 fully saturated rings. The minimum Gasteiger partial charge on any atom is -0.320 e. The first kappa shape index (κ1) is 10.5. The summed E-state index contributed by atoms with van der Waals surface area (Å²) in [5.41, 5.74) is 0. The second-order valence-electron chi connectivity index (χ2n) is 5.50. The van der Waals surface area contributed by atoms with E-state index in [0.29, 0.717) is 0 Å². The van der Waals surface area contributed by atoms with E-state index >= 15 is 0 Å². The Morgan fingerprint density at radius 3 is 2.71 bits per heavy atom. The van der Waals surface area contributed by atoms with Crippen molar-refractivity contribution in [1.82, 2.24) is 5.32 Å². The third-order valence-corrected chi connectivity index (χ3v) is 4.57. The molecule has 1 N–H and O–H groups in total. The van der Waals surface area contributed by atoms with Crippen molar-refractivity contribution in [3.8, 4) is 0 Å². The van der Waals surface area contributed by atoms with Crippen molar-refractivity contribution in [1.29, 1.82) is 0 Å². The summed E-state index contributed by atoms with van der Waals surface area (Å²) in [7, 11) is 2.08. The van der Waals surface area contributed by atoms with Crippen LogP contribution in [0, 0.1) is 23.7 Å². The Balaban J connectivity index is 1.84. The van der Waals surface area contributed by atoms with Gasteiger partial charge in [0.25, 0.3) is 0 Å². The van der Waals surface area contributed by atoms with Crippen LogP contribution < -0.4 is 5.32 Å². The highest BCUT2D eigenvalue weighted by molar-refractivity contribution is 4.90. The van der Waals surface area contributed by atoms with E-state index in [9.17, 15) is 0 Å². The standard InChI is InChI=1S/C13H25N/c1-3-12-8-11-6-10(4-5-14-2)7-13(12)9-11/h10-14H,3-9H2,1-2H3. The van der Waals surface area contributed by atoms with E-state index in [4.69, 9.17) is 0 Å².